The van der Waals surface area contributed by atoms with Crippen LogP contribution in [0.15, 0.2) is 12.2 Å². The smallest absolute Gasteiger partial charge is 0.309 e. The molecule has 4 heteroatoms. The quantitative estimate of drug-likeness (QED) is 0.566. The average Bonchev–Trinajstić information content (AvgIpc) is 3.31. The molecule has 3 fully saturated rings. The van der Waals surface area contributed by atoms with Crippen LogP contribution in [0.25, 0.3) is 0 Å². The fraction of sp³-hybridized carbons (Fsp3) is 0.810. The lowest BCUT2D eigenvalue weighted by molar-refractivity contribution is -0.167. The van der Waals surface area contributed by atoms with Gasteiger partial charge in [-0.05, 0) is 76.5 Å². The highest BCUT2D eigenvalue weighted by Gasteiger charge is 2.43. The summed E-state index contributed by atoms with van der Waals surface area (Å²) in [5.74, 6) is 0.774. The molecule has 0 heterocycles. The van der Waals surface area contributed by atoms with Gasteiger partial charge in [0.2, 0.25) is 0 Å². The first-order valence-electron chi connectivity index (χ1n) is 10.1. The van der Waals surface area contributed by atoms with Gasteiger partial charge in [0.1, 0.15) is 11.7 Å². The fourth-order valence-corrected chi connectivity index (χ4v) is 5.29. The molecule has 0 aromatic heterocycles. The number of rotatable bonds is 4. The standard InChI is InChI=1S/C21H30O4/c1-21(9-3-2-4-10-21)25-19(22)16-7-8-17(13-16)24-20(23)18-12-14-5-6-15(18)11-14/h5-6,14-18H,2-4,7-13H2,1H3. The molecule has 0 amide bonds. The minimum Gasteiger partial charge on any atom is -0.462 e. The number of ether oxygens (including phenoxy) is 2. The molecule has 0 aromatic carbocycles. The minimum atomic E-state index is -0.278. The van der Waals surface area contributed by atoms with Crippen molar-refractivity contribution in [2.24, 2.45) is 23.7 Å². The molecule has 3 saturated carbocycles. The zero-order valence-corrected chi connectivity index (χ0v) is 15.2. The zero-order valence-electron chi connectivity index (χ0n) is 15.2. The minimum absolute atomic E-state index is 0.0437. The maximum absolute atomic E-state index is 12.5. The molecule has 0 aromatic rings. The molecule has 0 aliphatic heterocycles. The summed E-state index contributed by atoms with van der Waals surface area (Å²) in [5, 5.41) is 0. The summed E-state index contributed by atoms with van der Waals surface area (Å²) >= 11 is 0. The Hall–Kier alpha value is -1.32. The number of carbonyl (C=O) groups is 2. The van der Waals surface area contributed by atoms with E-state index in [9.17, 15) is 9.59 Å². The van der Waals surface area contributed by atoms with E-state index in [-0.39, 0.29) is 35.5 Å². The molecule has 4 nitrogen and oxygen atoms in total. The average molecular weight is 346 g/mol. The number of hydrogen-bond donors (Lipinski definition) is 0. The number of hydrogen-bond acceptors (Lipinski definition) is 4. The van der Waals surface area contributed by atoms with Crippen molar-refractivity contribution in [2.45, 2.75) is 82.8 Å². The first kappa shape index (κ1) is 17.1. The van der Waals surface area contributed by atoms with Crippen molar-refractivity contribution in [2.75, 3.05) is 0 Å². The van der Waals surface area contributed by atoms with Crippen molar-refractivity contribution in [1.29, 1.82) is 0 Å². The van der Waals surface area contributed by atoms with Crippen molar-refractivity contribution in [3.05, 3.63) is 12.2 Å². The Labute approximate surface area is 150 Å². The van der Waals surface area contributed by atoms with Gasteiger partial charge in [-0.25, -0.2) is 0 Å². The summed E-state index contributed by atoms with van der Waals surface area (Å²) in [4.78, 5) is 25.0. The molecular weight excluding hydrogens is 316 g/mol. The van der Waals surface area contributed by atoms with Crippen molar-refractivity contribution in [3.8, 4) is 0 Å². The van der Waals surface area contributed by atoms with E-state index in [2.05, 4.69) is 19.1 Å². The van der Waals surface area contributed by atoms with Crippen molar-refractivity contribution in [3.63, 3.8) is 0 Å². The predicted octanol–water partition coefficient (Wildman–Crippen LogP) is 4.18. The van der Waals surface area contributed by atoms with Gasteiger partial charge < -0.3 is 9.47 Å². The van der Waals surface area contributed by atoms with Gasteiger partial charge in [-0.2, -0.15) is 0 Å². The largest absolute Gasteiger partial charge is 0.462 e. The van der Waals surface area contributed by atoms with E-state index in [1.54, 1.807) is 0 Å². The highest BCUT2D eigenvalue weighted by atomic mass is 16.6. The fourth-order valence-electron chi connectivity index (χ4n) is 5.29. The van der Waals surface area contributed by atoms with Crippen LogP contribution in [0, 0.1) is 23.7 Å². The molecule has 138 valence electrons. The normalized spacial score (nSPS) is 38.7. The van der Waals surface area contributed by atoms with E-state index in [4.69, 9.17) is 9.47 Å². The van der Waals surface area contributed by atoms with E-state index in [0.29, 0.717) is 18.3 Å². The number of fused-ring (bicyclic) bond motifs is 2. The summed E-state index contributed by atoms with van der Waals surface area (Å²) in [6, 6.07) is 0. The summed E-state index contributed by atoms with van der Waals surface area (Å²) in [6.07, 6.45) is 14.1. The lowest BCUT2D eigenvalue weighted by Gasteiger charge is -2.34. The van der Waals surface area contributed by atoms with E-state index in [1.807, 2.05) is 0 Å². The van der Waals surface area contributed by atoms with Crippen LogP contribution in [0.4, 0.5) is 0 Å². The second kappa shape index (κ2) is 6.77. The van der Waals surface area contributed by atoms with Gasteiger partial charge in [0, 0.05) is 0 Å². The molecule has 25 heavy (non-hydrogen) atoms. The Morgan fingerprint density at radius 2 is 1.76 bits per heavy atom. The van der Waals surface area contributed by atoms with Crippen molar-refractivity contribution < 1.29 is 19.1 Å². The molecule has 4 aliphatic carbocycles. The topological polar surface area (TPSA) is 52.6 Å². The van der Waals surface area contributed by atoms with Crippen LogP contribution in [0.1, 0.15) is 71.1 Å². The zero-order chi connectivity index (χ0) is 17.4. The molecule has 0 spiro atoms. The molecule has 0 saturated heterocycles. The first-order chi connectivity index (χ1) is 12.0. The third-order valence-electron chi connectivity index (χ3n) is 6.84. The van der Waals surface area contributed by atoms with Crippen LogP contribution in [-0.2, 0) is 19.1 Å². The molecule has 0 N–H and O–H groups in total. The van der Waals surface area contributed by atoms with Crippen LogP contribution in [0.3, 0.4) is 0 Å². The summed E-state index contributed by atoms with van der Waals surface area (Å²) < 4.78 is 11.6. The monoisotopic (exact) mass is 346 g/mol. The number of carbonyl (C=O) groups excluding carboxylic acids is 2. The molecule has 4 aliphatic rings. The van der Waals surface area contributed by atoms with Gasteiger partial charge in [0.05, 0.1) is 11.8 Å². The third kappa shape index (κ3) is 3.63. The Morgan fingerprint density at radius 1 is 0.960 bits per heavy atom. The van der Waals surface area contributed by atoms with Crippen LogP contribution in [-0.4, -0.2) is 23.6 Å². The molecule has 0 radical (unpaired) electrons. The van der Waals surface area contributed by atoms with Gasteiger partial charge in [-0.15, -0.1) is 0 Å². The third-order valence-corrected chi connectivity index (χ3v) is 6.84. The van der Waals surface area contributed by atoms with Gasteiger partial charge >= 0.3 is 11.9 Å². The van der Waals surface area contributed by atoms with E-state index >= 15 is 0 Å². The second-order valence-corrected chi connectivity index (χ2v) is 8.89. The highest BCUT2D eigenvalue weighted by Crippen LogP contribution is 2.44. The summed E-state index contributed by atoms with van der Waals surface area (Å²) in [5.41, 5.74) is -0.278. The highest BCUT2D eigenvalue weighted by molar-refractivity contribution is 5.75. The Kier molecular flexibility index (Phi) is 4.63. The summed E-state index contributed by atoms with van der Waals surface area (Å²) in [7, 11) is 0. The predicted molar refractivity (Wildman–Crippen MR) is 93.6 cm³/mol. The van der Waals surface area contributed by atoms with E-state index in [0.717, 1.165) is 51.4 Å². The van der Waals surface area contributed by atoms with E-state index in [1.165, 1.54) is 6.42 Å². The Morgan fingerprint density at radius 3 is 2.44 bits per heavy atom. The molecular formula is C21H30O4. The van der Waals surface area contributed by atoms with Gasteiger partial charge in [0.25, 0.3) is 0 Å². The molecule has 5 atom stereocenters. The SMILES string of the molecule is CC1(OC(=O)C2CCC(OC(=O)C3CC4C=CC3C4)C2)CCCCC1. The lowest BCUT2D eigenvalue weighted by atomic mass is 9.86. The van der Waals surface area contributed by atoms with Crippen LogP contribution >= 0.6 is 0 Å². The van der Waals surface area contributed by atoms with Crippen molar-refractivity contribution in [1.82, 2.24) is 0 Å². The van der Waals surface area contributed by atoms with Gasteiger partial charge in [0.15, 0.2) is 0 Å². The van der Waals surface area contributed by atoms with Gasteiger partial charge in [-0.3, -0.25) is 9.59 Å². The van der Waals surface area contributed by atoms with Gasteiger partial charge in [-0.1, -0.05) is 18.6 Å². The number of esters is 2. The maximum Gasteiger partial charge on any atom is 0.309 e. The first-order valence-corrected chi connectivity index (χ1v) is 10.1. The molecule has 2 bridgehead atoms. The second-order valence-electron chi connectivity index (χ2n) is 8.89. The van der Waals surface area contributed by atoms with Crippen LogP contribution < -0.4 is 0 Å². The summed E-state index contributed by atoms with van der Waals surface area (Å²) in [6.45, 7) is 2.07. The molecule has 5 unspecified atom stereocenters. The van der Waals surface area contributed by atoms with Crippen molar-refractivity contribution >= 4 is 11.9 Å². The lowest BCUT2D eigenvalue weighted by Crippen LogP contribution is -2.36. The van der Waals surface area contributed by atoms with E-state index < -0.39 is 0 Å². The number of allylic oxidation sites excluding steroid dienone is 2. The Bertz CT molecular complexity index is 560. The van der Waals surface area contributed by atoms with Crippen LogP contribution in [0.2, 0.25) is 0 Å². The molecule has 4 rings (SSSR count). The maximum atomic E-state index is 12.5. The van der Waals surface area contributed by atoms with Crippen LogP contribution in [0.5, 0.6) is 0 Å². The Balaban J connectivity index is 1.26.